The van der Waals surface area contributed by atoms with Gasteiger partial charge in [0.25, 0.3) is 11.5 Å². The van der Waals surface area contributed by atoms with Crippen LogP contribution in [0.2, 0.25) is 0 Å². The molecule has 1 amide bonds. The number of fused-ring (bicyclic) bond motifs is 1. The summed E-state index contributed by atoms with van der Waals surface area (Å²) in [6.07, 6.45) is 1.72. The Bertz CT molecular complexity index is 1120. The zero-order valence-electron chi connectivity index (χ0n) is 16.0. The molecule has 0 saturated heterocycles. The van der Waals surface area contributed by atoms with Crippen molar-refractivity contribution in [3.8, 4) is 0 Å². The summed E-state index contributed by atoms with van der Waals surface area (Å²) < 4.78 is 3.28. The first kappa shape index (κ1) is 19.4. The molecule has 2 aromatic heterocycles. The van der Waals surface area contributed by atoms with Crippen LogP contribution >= 0.6 is 0 Å². The van der Waals surface area contributed by atoms with E-state index in [1.54, 1.807) is 28.8 Å². The number of H-pyrrole nitrogens is 1. The number of carbonyl (C=O) groups is 1. The Balaban J connectivity index is 2.05. The van der Waals surface area contributed by atoms with Gasteiger partial charge in [-0.25, -0.2) is 9.78 Å². The molecular formula is C19H24N6O3. The van der Waals surface area contributed by atoms with Crippen molar-refractivity contribution in [2.45, 2.75) is 46.3 Å². The van der Waals surface area contributed by atoms with Crippen LogP contribution in [-0.4, -0.2) is 25.0 Å². The third kappa shape index (κ3) is 3.55. The summed E-state index contributed by atoms with van der Waals surface area (Å²) in [5.74, 6) is 0.0649. The van der Waals surface area contributed by atoms with Crippen LogP contribution in [0.3, 0.4) is 0 Å². The van der Waals surface area contributed by atoms with Gasteiger partial charge in [0.1, 0.15) is 5.82 Å². The van der Waals surface area contributed by atoms with Gasteiger partial charge in [0, 0.05) is 18.8 Å². The number of anilines is 1. The largest absolute Gasteiger partial charge is 0.377 e. The minimum Gasteiger partial charge on any atom is -0.377 e. The highest BCUT2D eigenvalue weighted by atomic mass is 16.2. The van der Waals surface area contributed by atoms with Crippen molar-refractivity contribution in [3.63, 3.8) is 0 Å². The van der Waals surface area contributed by atoms with Crippen molar-refractivity contribution in [2.75, 3.05) is 5.32 Å². The zero-order valence-corrected chi connectivity index (χ0v) is 16.0. The molecule has 148 valence electrons. The quantitative estimate of drug-likeness (QED) is 0.541. The number of rotatable bonds is 8. The molecule has 4 N–H and O–H groups in total. The summed E-state index contributed by atoms with van der Waals surface area (Å²) in [5, 5.41) is 3.16. The minimum absolute atomic E-state index is 0.272. The molecule has 0 unspecified atom stereocenters. The van der Waals surface area contributed by atoms with Crippen molar-refractivity contribution in [1.29, 1.82) is 0 Å². The molecule has 0 saturated carbocycles. The van der Waals surface area contributed by atoms with Crippen LogP contribution < -0.4 is 22.3 Å². The number of unbranched alkanes of at least 4 members (excludes halogenated alkanes) is 1. The Morgan fingerprint density at radius 3 is 2.64 bits per heavy atom. The summed E-state index contributed by atoms with van der Waals surface area (Å²) in [7, 11) is 0. The first-order valence-electron chi connectivity index (χ1n) is 9.32. The van der Waals surface area contributed by atoms with Gasteiger partial charge in [-0.15, -0.1) is 0 Å². The van der Waals surface area contributed by atoms with Crippen LogP contribution in [0.5, 0.6) is 0 Å². The van der Waals surface area contributed by atoms with Crippen LogP contribution in [0.4, 0.5) is 5.69 Å². The van der Waals surface area contributed by atoms with E-state index in [2.05, 4.69) is 15.3 Å². The molecular weight excluding hydrogens is 360 g/mol. The van der Waals surface area contributed by atoms with Gasteiger partial charge < -0.3 is 15.6 Å². The topological polar surface area (TPSA) is 128 Å². The number of para-hydroxylation sites is 1. The van der Waals surface area contributed by atoms with Gasteiger partial charge in [0.2, 0.25) is 0 Å². The van der Waals surface area contributed by atoms with E-state index in [4.69, 9.17) is 5.73 Å². The SMILES string of the molecule is CCCCn1c(=O)[nH]c(=O)c2c1nc(CNc1ccccc1C(N)=O)n2CC. The van der Waals surface area contributed by atoms with Crippen molar-refractivity contribution in [1.82, 2.24) is 19.1 Å². The van der Waals surface area contributed by atoms with Crippen LogP contribution in [0.1, 0.15) is 42.9 Å². The molecule has 0 fully saturated rings. The molecule has 1 aromatic carbocycles. The lowest BCUT2D eigenvalue weighted by atomic mass is 10.1. The summed E-state index contributed by atoms with van der Waals surface area (Å²) in [5.41, 5.74) is 6.23. The molecule has 0 aliphatic carbocycles. The Morgan fingerprint density at radius 1 is 1.21 bits per heavy atom. The predicted molar refractivity (Wildman–Crippen MR) is 107 cm³/mol. The van der Waals surface area contributed by atoms with E-state index in [0.29, 0.717) is 41.3 Å². The lowest BCUT2D eigenvalue weighted by Gasteiger charge is -2.10. The highest BCUT2D eigenvalue weighted by Crippen LogP contribution is 2.17. The molecule has 3 rings (SSSR count). The molecule has 3 aromatic rings. The van der Waals surface area contributed by atoms with E-state index in [-0.39, 0.29) is 6.54 Å². The molecule has 0 spiro atoms. The number of imidazole rings is 1. The van der Waals surface area contributed by atoms with Crippen molar-refractivity contribution < 1.29 is 4.79 Å². The Labute approximate surface area is 161 Å². The highest BCUT2D eigenvalue weighted by molar-refractivity contribution is 5.98. The average Bonchev–Trinajstić information content (AvgIpc) is 3.05. The number of aromatic amines is 1. The summed E-state index contributed by atoms with van der Waals surface area (Å²) >= 11 is 0. The second-order valence-electron chi connectivity index (χ2n) is 6.47. The number of nitrogens with zero attached hydrogens (tertiary/aromatic N) is 3. The number of amides is 1. The van der Waals surface area contributed by atoms with E-state index in [0.717, 1.165) is 12.8 Å². The van der Waals surface area contributed by atoms with E-state index in [9.17, 15) is 14.4 Å². The molecule has 9 heteroatoms. The van der Waals surface area contributed by atoms with Gasteiger partial charge in [-0.3, -0.25) is 19.1 Å². The first-order chi connectivity index (χ1) is 13.5. The number of aromatic nitrogens is 4. The average molecular weight is 384 g/mol. The predicted octanol–water partition coefficient (Wildman–Crippen LogP) is 1.42. The number of primary amides is 1. The fourth-order valence-corrected chi connectivity index (χ4v) is 3.24. The van der Waals surface area contributed by atoms with Crippen LogP contribution in [0.15, 0.2) is 33.9 Å². The van der Waals surface area contributed by atoms with E-state index in [1.165, 1.54) is 4.57 Å². The van der Waals surface area contributed by atoms with Crippen LogP contribution in [0, 0.1) is 0 Å². The normalized spacial score (nSPS) is 11.1. The van der Waals surface area contributed by atoms with Crippen LogP contribution in [-0.2, 0) is 19.6 Å². The number of aryl methyl sites for hydroxylation is 2. The number of benzene rings is 1. The molecule has 9 nitrogen and oxygen atoms in total. The summed E-state index contributed by atoms with van der Waals surface area (Å²) in [6.45, 7) is 5.21. The zero-order chi connectivity index (χ0) is 20.3. The third-order valence-electron chi connectivity index (χ3n) is 4.65. The fourth-order valence-electron chi connectivity index (χ4n) is 3.24. The van der Waals surface area contributed by atoms with E-state index < -0.39 is 17.2 Å². The lowest BCUT2D eigenvalue weighted by molar-refractivity contribution is 0.100. The lowest BCUT2D eigenvalue weighted by Crippen LogP contribution is -2.31. The Morgan fingerprint density at radius 2 is 1.96 bits per heavy atom. The van der Waals surface area contributed by atoms with E-state index in [1.807, 2.05) is 13.8 Å². The smallest absolute Gasteiger partial charge is 0.330 e. The molecule has 0 aliphatic rings. The maximum atomic E-state index is 12.4. The van der Waals surface area contributed by atoms with Gasteiger partial charge in [-0.2, -0.15) is 0 Å². The Hall–Kier alpha value is -3.36. The number of nitrogens with one attached hydrogen (secondary N) is 2. The second-order valence-corrected chi connectivity index (χ2v) is 6.47. The highest BCUT2D eigenvalue weighted by Gasteiger charge is 2.18. The molecule has 0 aliphatic heterocycles. The number of carbonyl (C=O) groups excluding carboxylic acids is 1. The third-order valence-corrected chi connectivity index (χ3v) is 4.65. The first-order valence-corrected chi connectivity index (χ1v) is 9.32. The van der Waals surface area contributed by atoms with Gasteiger partial charge in [-0.1, -0.05) is 25.5 Å². The van der Waals surface area contributed by atoms with Crippen LogP contribution in [0.25, 0.3) is 11.2 Å². The van der Waals surface area contributed by atoms with Gasteiger partial charge in [0.05, 0.1) is 12.1 Å². The van der Waals surface area contributed by atoms with Gasteiger partial charge in [-0.05, 0) is 25.5 Å². The maximum Gasteiger partial charge on any atom is 0.330 e. The minimum atomic E-state index is -0.531. The number of hydrogen-bond donors (Lipinski definition) is 3. The standard InChI is InChI=1S/C19H24N6O3/c1-3-5-10-25-17-15(18(27)23-19(25)28)24(4-2)14(22-17)11-21-13-9-7-6-8-12(13)16(20)26/h6-9,21H,3-5,10-11H2,1-2H3,(H2,20,26)(H,23,27,28). The van der Waals surface area contributed by atoms with Crippen molar-refractivity contribution in [2.24, 2.45) is 5.73 Å². The number of nitrogens with two attached hydrogens (primary N) is 1. The fraction of sp³-hybridized carbons (Fsp3) is 0.368. The molecule has 0 radical (unpaired) electrons. The molecule has 28 heavy (non-hydrogen) atoms. The molecule has 2 heterocycles. The molecule has 0 atom stereocenters. The Kier molecular flexibility index (Phi) is 5.62. The monoisotopic (exact) mass is 384 g/mol. The van der Waals surface area contributed by atoms with Crippen molar-refractivity contribution in [3.05, 3.63) is 56.5 Å². The summed E-state index contributed by atoms with van der Waals surface area (Å²) in [4.78, 5) is 43.2. The van der Waals surface area contributed by atoms with Crippen molar-refractivity contribution >= 4 is 22.8 Å². The van der Waals surface area contributed by atoms with Gasteiger partial charge >= 0.3 is 5.69 Å². The number of hydrogen-bond acceptors (Lipinski definition) is 5. The summed E-state index contributed by atoms with van der Waals surface area (Å²) in [6, 6.07) is 6.92. The maximum absolute atomic E-state index is 12.4. The molecule has 0 bridgehead atoms. The van der Waals surface area contributed by atoms with E-state index >= 15 is 0 Å². The second kappa shape index (κ2) is 8.12. The van der Waals surface area contributed by atoms with Gasteiger partial charge in [0.15, 0.2) is 11.2 Å².